The molecule has 0 aromatic heterocycles. The van der Waals surface area contributed by atoms with Gasteiger partial charge in [-0.05, 0) is 0 Å². The molecule has 0 aliphatic carbocycles. The standard InChI is InChI=1S/C3H8N4O2/c4-1(2(8)9)7-3(5)6/h1H,4H2,(H,8,9)(H4,5,6,7). The van der Waals surface area contributed by atoms with Gasteiger partial charge in [-0.1, -0.05) is 0 Å². The van der Waals surface area contributed by atoms with Crippen molar-refractivity contribution < 1.29 is 9.90 Å². The van der Waals surface area contributed by atoms with E-state index in [1.165, 1.54) is 0 Å². The monoisotopic (exact) mass is 132 g/mol. The van der Waals surface area contributed by atoms with Crippen molar-refractivity contribution in [2.45, 2.75) is 6.17 Å². The summed E-state index contributed by atoms with van der Waals surface area (Å²) in [4.78, 5) is 13.0. The first-order valence-corrected chi connectivity index (χ1v) is 2.11. The zero-order valence-electron chi connectivity index (χ0n) is 4.61. The lowest BCUT2D eigenvalue weighted by molar-refractivity contribution is -0.138. The predicted octanol–water partition coefficient (Wildman–Crippen LogP) is -2.37. The van der Waals surface area contributed by atoms with Gasteiger partial charge in [-0.15, -0.1) is 0 Å². The Balaban J connectivity index is 3.91. The molecule has 6 heteroatoms. The minimum absolute atomic E-state index is 0.329. The Morgan fingerprint density at radius 3 is 2.11 bits per heavy atom. The van der Waals surface area contributed by atoms with Gasteiger partial charge in [0.2, 0.25) is 0 Å². The summed E-state index contributed by atoms with van der Waals surface area (Å²) in [6.07, 6.45) is -1.35. The zero-order chi connectivity index (χ0) is 7.44. The molecule has 7 N–H and O–H groups in total. The van der Waals surface area contributed by atoms with Gasteiger partial charge in [-0.25, -0.2) is 9.79 Å². The zero-order valence-corrected chi connectivity index (χ0v) is 4.61. The van der Waals surface area contributed by atoms with E-state index in [1.54, 1.807) is 0 Å². The van der Waals surface area contributed by atoms with E-state index in [0.29, 0.717) is 0 Å². The molecular weight excluding hydrogens is 124 g/mol. The molecule has 0 spiro atoms. The van der Waals surface area contributed by atoms with Crippen LogP contribution in [0.25, 0.3) is 0 Å². The topological polar surface area (TPSA) is 128 Å². The van der Waals surface area contributed by atoms with E-state index in [-0.39, 0.29) is 5.96 Å². The summed E-state index contributed by atoms with van der Waals surface area (Å²) in [5, 5.41) is 8.09. The fourth-order valence-electron chi connectivity index (χ4n) is 0.216. The smallest absolute Gasteiger partial charge is 0.343 e. The highest BCUT2D eigenvalue weighted by Gasteiger charge is 2.07. The van der Waals surface area contributed by atoms with E-state index in [4.69, 9.17) is 22.3 Å². The van der Waals surface area contributed by atoms with Crippen molar-refractivity contribution in [3.63, 3.8) is 0 Å². The number of hydrogen-bond acceptors (Lipinski definition) is 3. The normalized spacial score (nSPS) is 12.1. The highest BCUT2D eigenvalue weighted by Crippen LogP contribution is 1.77. The van der Waals surface area contributed by atoms with Crippen molar-refractivity contribution in [1.29, 1.82) is 0 Å². The van der Waals surface area contributed by atoms with E-state index in [0.717, 1.165) is 0 Å². The average molecular weight is 132 g/mol. The minimum atomic E-state index is -1.35. The molecule has 0 aliphatic heterocycles. The number of aliphatic carboxylic acids is 1. The molecule has 0 saturated carbocycles. The van der Waals surface area contributed by atoms with Gasteiger partial charge in [0.05, 0.1) is 0 Å². The van der Waals surface area contributed by atoms with Crippen molar-refractivity contribution in [3.05, 3.63) is 0 Å². The maximum absolute atomic E-state index is 9.89. The third-order valence-corrected chi connectivity index (χ3v) is 0.541. The van der Waals surface area contributed by atoms with Crippen LogP contribution in [-0.2, 0) is 4.79 Å². The lowest BCUT2D eigenvalue weighted by Crippen LogP contribution is -2.34. The number of hydrogen-bond donors (Lipinski definition) is 4. The van der Waals surface area contributed by atoms with Crippen LogP contribution in [0.3, 0.4) is 0 Å². The van der Waals surface area contributed by atoms with Crippen molar-refractivity contribution in [1.82, 2.24) is 0 Å². The lowest BCUT2D eigenvalue weighted by Gasteiger charge is -1.97. The van der Waals surface area contributed by atoms with Crippen LogP contribution in [0.15, 0.2) is 4.99 Å². The lowest BCUT2D eigenvalue weighted by atomic mass is 10.5. The molecule has 52 valence electrons. The summed E-state index contributed by atoms with van der Waals surface area (Å²) in [5.74, 6) is -1.59. The molecule has 0 fully saturated rings. The number of nitrogens with two attached hydrogens (primary N) is 3. The Labute approximate surface area is 51.3 Å². The second kappa shape index (κ2) is 2.88. The van der Waals surface area contributed by atoms with Gasteiger partial charge in [-0.2, -0.15) is 0 Å². The Hall–Kier alpha value is -1.30. The molecule has 9 heavy (non-hydrogen) atoms. The van der Waals surface area contributed by atoms with Gasteiger partial charge in [0.1, 0.15) is 0 Å². The number of guanidine groups is 1. The molecule has 0 aliphatic rings. The second-order valence-electron chi connectivity index (χ2n) is 1.34. The molecule has 1 unspecified atom stereocenters. The van der Waals surface area contributed by atoms with Crippen LogP contribution in [-0.4, -0.2) is 23.2 Å². The van der Waals surface area contributed by atoms with Gasteiger partial charge >= 0.3 is 5.97 Å². The quantitative estimate of drug-likeness (QED) is 0.246. The molecule has 0 heterocycles. The summed E-state index contributed by atoms with van der Waals surface area (Å²) in [5.41, 5.74) is 14.5. The second-order valence-corrected chi connectivity index (χ2v) is 1.34. The number of nitrogens with zero attached hydrogens (tertiary/aromatic N) is 1. The van der Waals surface area contributed by atoms with E-state index < -0.39 is 12.1 Å². The molecule has 0 saturated heterocycles. The first kappa shape index (κ1) is 7.70. The molecule has 6 nitrogen and oxygen atoms in total. The molecule has 0 amide bonds. The van der Waals surface area contributed by atoms with Crippen LogP contribution in [0.4, 0.5) is 0 Å². The number of carboxylic acid groups (broad SMARTS) is 1. The van der Waals surface area contributed by atoms with Crippen LogP contribution in [0.2, 0.25) is 0 Å². The van der Waals surface area contributed by atoms with Crippen LogP contribution in [0.1, 0.15) is 0 Å². The van der Waals surface area contributed by atoms with Gasteiger partial charge in [0, 0.05) is 0 Å². The molecular formula is C3H8N4O2. The average Bonchev–Trinajstić information content (AvgIpc) is 1.63. The van der Waals surface area contributed by atoms with E-state index in [1.807, 2.05) is 0 Å². The summed E-state index contributed by atoms with van der Waals surface area (Å²) in [7, 11) is 0. The van der Waals surface area contributed by atoms with Crippen LogP contribution < -0.4 is 17.2 Å². The summed E-state index contributed by atoms with van der Waals surface area (Å²) in [6, 6.07) is 0. The Bertz CT molecular complexity index is 139. The number of rotatable bonds is 2. The Kier molecular flexibility index (Phi) is 2.46. The maximum Gasteiger partial charge on any atom is 0.343 e. The number of aliphatic imine (C=N–C) groups is 1. The Morgan fingerprint density at radius 1 is 1.56 bits per heavy atom. The summed E-state index contributed by atoms with van der Waals surface area (Å²) >= 11 is 0. The fraction of sp³-hybridized carbons (Fsp3) is 0.333. The first-order chi connectivity index (χ1) is 4.04. The van der Waals surface area contributed by atoms with E-state index in [9.17, 15) is 4.79 Å². The third kappa shape index (κ3) is 3.30. The predicted molar refractivity (Wildman–Crippen MR) is 31.4 cm³/mol. The Morgan fingerprint density at radius 2 is 2.00 bits per heavy atom. The largest absolute Gasteiger partial charge is 0.479 e. The number of carbonyl (C=O) groups is 1. The molecule has 0 radical (unpaired) electrons. The van der Waals surface area contributed by atoms with E-state index in [2.05, 4.69) is 4.99 Å². The molecule has 0 rings (SSSR count). The highest BCUT2D eigenvalue weighted by molar-refractivity contribution is 5.81. The van der Waals surface area contributed by atoms with Crippen molar-refractivity contribution in [3.8, 4) is 0 Å². The van der Waals surface area contributed by atoms with Gasteiger partial charge < -0.3 is 22.3 Å². The molecule has 0 aromatic carbocycles. The fourth-order valence-corrected chi connectivity index (χ4v) is 0.216. The molecule has 1 atom stereocenters. The highest BCUT2D eigenvalue weighted by atomic mass is 16.4. The van der Waals surface area contributed by atoms with Crippen LogP contribution >= 0.6 is 0 Å². The van der Waals surface area contributed by atoms with E-state index >= 15 is 0 Å². The SMILES string of the molecule is NC(N)=NC(N)C(=O)O. The molecule has 0 aromatic rings. The summed E-state index contributed by atoms with van der Waals surface area (Å²) in [6.45, 7) is 0. The van der Waals surface area contributed by atoms with Crippen molar-refractivity contribution >= 4 is 11.9 Å². The van der Waals surface area contributed by atoms with Crippen LogP contribution in [0, 0.1) is 0 Å². The van der Waals surface area contributed by atoms with Crippen molar-refractivity contribution in [2.24, 2.45) is 22.2 Å². The summed E-state index contributed by atoms with van der Waals surface area (Å²) < 4.78 is 0. The number of carboxylic acids is 1. The van der Waals surface area contributed by atoms with Gasteiger partial charge in [0.25, 0.3) is 0 Å². The van der Waals surface area contributed by atoms with Gasteiger partial charge in [-0.3, -0.25) is 0 Å². The van der Waals surface area contributed by atoms with Crippen LogP contribution in [0.5, 0.6) is 0 Å². The molecule has 0 bridgehead atoms. The van der Waals surface area contributed by atoms with Gasteiger partial charge in [0.15, 0.2) is 12.1 Å². The minimum Gasteiger partial charge on any atom is -0.479 e. The first-order valence-electron chi connectivity index (χ1n) is 2.11. The van der Waals surface area contributed by atoms with Crippen molar-refractivity contribution in [2.75, 3.05) is 0 Å². The maximum atomic E-state index is 9.89. The third-order valence-electron chi connectivity index (χ3n) is 0.541.